The summed E-state index contributed by atoms with van der Waals surface area (Å²) in [5.74, 6) is 1.00. The molecule has 3 saturated heterocycles. The van der Waals surface area contributed by atoms with Gasteiger partial charge in [0.2, 0.25) is 0 Å². The number of hydrogen-bond donors (Lipinski definition) is 0. The molecule has 3 aromatic heterocycles. The first-order chi connectivity index (χ1) is 13.2. The van der Waals surface area contributed by atoms with Gasteiger partial charge in [-0.1, -0.05) is 6.92 Å². The fourth-order valence-corrected chi connectivity index (χ4v) is 4.28. The Morgan fingerprint density at radius 1 is 1.00 bits per heavy atom. The molecule has 3 aliphatic heterocycles. The van der Waals surface area contributed by atoms with E-state index in [1.807, 2.05) is 22.7 Å². The Labute approximate surface area is 156 Å². The molecule has 2 atom stereocenters. The third kappa shape index (κ3) is 2.37. The number of nitrogens with zero attached hydrogens (tertiary/aromatic N) is 8. The van der Waals surface area contributed by atoms with Gasteiger partial charge in [-0.3, -0.25) is 0 Å². The van der Waals surface area contributed by atoms with E-state index in [4.69, 9.17) is 0 Å². The Kier molecular flexibility index (Phi) is 3.70. The molecule has 2 unspecified atom stereocenters. The van der Waals surface area contributed by atoms with Crippen LogP contribution in [-0.4, -0.2) is 54.7 Å². The molecule has 8 nitrogen and oxygen atoms in total. The quantitative estimate of drug-likeness (QED) is 0.695. The molecule has 3 aromatic rings. The summed E-state index contributed by atoms with van der Waals surface area (Å²) in [6.45, 7) is 6.22. The van der Waals surface area contributed by atoms with Gasteiger partial charge in [-0.2, -0.15) is 0 Å². The molecule has 6 rings (SSSR count). The number of piperazine rings is 1. The third-order valence-electron chi connectivity index (χ3n) is 5.64. The lowest BCUT2D eigenvalue weighted by Crippen LogP contribution is -2.69. The lowest BCUT2D eigenvalue weighted by atomic mass is 9.87. The number of fused-ring (bicyclic) bond motifs is 3. The van der Waals surface area contributed by atoms with Gasteiger partial charge in [0, 0.05) is 19.6 Å². The van der Waals surface area contributed by atoms with Crippen molar-refractivity contribution in [1.29, 1.82) is 0 Å². The summed E-state index contributed by atoms with van der Waals surface area (Å²) >= 11 is 0. The summed E-state index contributed by atoms with van der Waals surface area (Å²) in [5, 5.41) is 0. The minimum Gasteiger partial charge on any atom is -0.350 e. The van der Waals surface area contributed by atoms with Crippen molar-refractivity contribution in [3.63, 3.8) is 0 Å². The second kappa shape index (κ2) is 6.11. The summed E-state index contributed by atoms with van der Waals surface area (Å²) in [4.78, 5) is 26.0. The number of anilines is 2. The van der Waals surface area contributed by atoms with Gasteiger partial charge >= 0.3 is 0 Å². The third-order valence-corrected chi connectivity index (χ3v) is 5.64. The SMILES string of the molecule is CCc1ncnc(N2CC3CC(C2)N3c2ncnc3c2ncn3CC)c1F. The van der Waals surface area contributed by atoms with Crippen molar-refractivity contribution < 1.29 is 4.39 Å². The van der Waals surface area contributed by atoms with E-state index >= 15 is 0 Å². The van der Waals surface area contributed by atoms with Crippen molar-refractivity contribution in [3.05, 3.63) is 30.5 Å². The standard InChI is InChI=1S/C18H21FN8/c1-3-13-14(19)16(21-8-20-13)26-6-11-5-12(7-26)27(11)18-15-17(22-9-23-18)25(4-2)10-24-15/h8-12H,3-7H2,1-2H3. The second-order valence-electron chi connectivity index (χ2n) is 7.07. The molecule has 0 spiro atoms. The van der Waals surface area contributed by atoms with Crippen LogP contribution in [0.4, 0.5) is 16.0 Å². The van der Waals surface area contributed by atoms with E-state index in [1.165, 1.54) is 6.33 Å². The maximum absolute atomic E-state index is 14.7. The average Bonchev–Trinajstić information content (AvgIpc) is 3.12. The monoisotopic (exact) mass is 368 g/mol. The van der Waals surface area contributed by atoms with E-state index in [0.29, 0.717) is 31.0 Å². The van der Waals surface area contributed by atoms with Gasteiger partial charge in [0.1, 0.15) is 12.7 Å². The van der Waals surface area contributed by atoms with Crippen molar-refractivity contribution in [2.75, 3.05) is 22.9 Å². The Bertz CT molecular complexity index is 990. The molecule has 9 heteroatoms. The predicted octanol–water partition coefficient (Wildman–Crippen LogP) is 1.81. The Morgan fingerprint density at radius 2 is 1.74 bits per heavy atom. The minimum absolute atomic E-state index is 0.271. The first kappa shape index (κ1) is 16.3. The van der Waals surface area contributed by atoms with Gasteiger partial charge in [-0.25, -0.2) is 29.3 Å². The molecule has 0 aliphatic carbocycles. The van der Waals surface area contributed by atoms with Gasteiger partial charge in [-0.15, -0.1) is 0 Å². The van der Waals surface area contributed by atoms with Gasteiger partial charge < -0.3 is 14.4 Å². The molecule has 0 amide bonds. The molecule has 6 heterocycles. The highest BCUT2D eigenvalue weighted by Crippen LogP contribution is 2.39. The van der Waals surface area contributed by atoms with Crippen LogP contribution < -0.4 is 9.80 Å². The van der Waals surface area contributed by atoms with Gasteiger partial charge in [-0.05, 0) is 19.8 Å². The van der Waals surface area contributed by atoms with Crippen LogP contribution in [0.3, 0.4) is 0 Å². The number of aryl methyl sites for hydroxylation is 2. The van der Waals surface area contributed by atoms with Crippen molar-refractivity contribution >= 4 is 22.8 Å². The van der Waals surface area contributed by atoms with Crippen LogP contribution in [0.1, 0.15) is 26.0 Å². The van der Waals surface area contributed by atoms with Crippen molar-refractivity contribution in [1.82, 2.24) is 29.5 Å². The summed E-state index contributed by atoms with van der Waals surface area (Å²) in [6, 6.07) is 0.543. The first-order valence-corrected chi connectivity index (χ1v) is 9.39. The first-order valence-electron chi connectivity index (χ1n) is 9.39. The van der Waals surface area contributed by atoms with Crippen molar-refractivity contribution in [2.24, 2.45) is 0 Å². The van der Waals surface area contributed by atoms with E-state index in [0.717, 1.165) is 29.9 Å². The molecule has 0 N–H and O–H groups in total. The van der Waals surface area contributed by atoms with E-state index in [-0.39, 0.29) is 17.9 Å². The average molecular weight is 368 g/mol. The molecule has 2 bridgehead atoms. The van der Waals surface area contributed by atoms with Crippen LogP contribution in [0.15, 0.2) is 19.0 Å². The summed E-state index contributed by atoms with van der Waals surface area (Å²) in [5.41, 5.74) is 2.17. The molecular weight excluding hydrogens is 347 g/mol. The summed E-state index contributed by atoms with van der Waals surface area (Å²) < 4.78 is 16.7. The van der Waals surface area contributed by atoms with Crippen molar-refractivity contribution in [3.8, 4) is 0 Å². The number of halogens is 1. The highest BCUT2D eigenvalue weighted by Gasteiger charge is 2.47. The van der Waals surface area contributed by atoms with Crippen LogP contribution in [0, 0.1) is 5.82 Å². The van der Waals surface area contributed by atoms with Crippen molar-refractivity contribution in [2.45, 2.75) is 45.3 Å². The lowest BCUT2D eigenvalue weighted by molar-refractivity contribution is 0.287. The normalized spacial score (nSPS) is 21.6. The molecule has 27 heavy (non-hydrogen) atoms. The zero-order valence-electron chi connectivity index (χ0n) is 15.4. The molecule has 3 fully saturated rings. The predicted molar refractivity (Wildman–Crippen MR) is 99.3 cm³/mol. The largest absolute Gasteiger partial charge is 0.350 e. The Morgan fingerprint density at radius 3 is 2.48 bits per heavy atom. The second-order valence-corrected chi connectivity index (χ2v) is 7.07. The maximum atomic E-state index is 14.7. The fourth-order valence-electron chi connectivity index (χ4n) is 4.28. The van der Waals surface area contributed by atoms with Crippen LogP contribution in [-0.2, 0) is 13.0 Å². The van der Waals surface area contributed by atoms with Crippen LogP contribution >= 0.6 is 0 Å². The van der Waals surface area contributed by atoms with Gasteiger partial charge in [0.15, 0.2) is 28.6 Å². The molecule has 0 saturated carbocycles. The lowest BCUT2D eigenvalue weighted by Gasteiger charge is -2.57. The van der Waals surface area contributed by atoms with Gasteiger partial charge in [0.05, 0.1) is 24.1 Å². The number of piperidine rings is 1. The number of imidazole rings is 1. The molecule has 0 radical (unpaired) electrons. The smallest absolute Gasteiger partial charge is 0.187 e. The van der Waals surface area contributed by atoms with E-state index in [2.05, 4.69) is 36.7 Å². The molecular formula is C18H21FN8. The fraction of sp³-hybridized carbons (Fsp3) is 0.500. The van der Waals surface area contributed by atoms with Gasteiger partial charge in [0.25, 0.3) is 0 Å². The Balaban J connectivity index is 1.44. The summed E-state index contributed by atoms with van der Waals surface area (Å²) in [6.07, 6.45) is 6.51. The minimum atomic E-state index is -0.293. The van der Waals surface area contributed by atoms with Crippen LogP contribution in [0.5, 0.6) is 0 Å². The molecule has 140 valence electrons. The molecule has 3 aliphatic rings. The van der Waals surface area contributed by atoms with E-state index in [1.54, 1.807) is 6.33 Å². The van der Waals surface area contributed by atoms with E-state index < -0.39 is 0 Å². The Hall–Kier alpha value is -2.84. The summed E-state index contributed by atoms with van der Waals surface area (Å²) in [7, 11) is 0. The topological polar surface area (TPSA) is 75.9 Å². The number of aromatic nitrogens is 6. The van der Waals surface area contributed by atoms with Crippen LogP contribution in [0.25, 0.3) is 11.2 Å². The highest BCUT2D eigenvalue weighted by molar-refractivity contribution is 5.84. The maximum Gasteiger partial charge on any atom is 0.187 e. The number of rotatable bonds is 4. The number of hydrogen-bond acceptors (Lipinski definition) is 7. The van der Waals surface area contributed by atoms with Crippen LogP contribution in [0.2, 0.25) is 0 Å². The highest BCUT2D eigenvalue weighted by atomic mass is 19.1. The molecule has 0 aromatic carbocycles. The van der Waals surface area contributed by atoms with E-state index in [9.17, 15) is 4.39 Å². The zero-order chi connectivity index (χ0) is 18.5. The zero-order valence-corrected chi connectivity index (χ0v) is 15.4.